The number of benzene rings is 3. The Hall–Kier alpha value is -3.44. The first-order chi connectivity index (χ1) is 13.7. The van der Waals surface area contributed by atoms with E-state index in [-0.39, 0.29) is 5.69 Å². The van der Waals surface area contributed by atoms with E-state index in [1.54, 1.807) is 5.38 Å². The summed E-state index contributed by atoms with van der Waals surface area (Å²) in [6.45, 7) is 0.473. The van der Waals surface area contributed by atoms with E-state index in [1.807, 2.05) is 78.9 Å². The maximum atomic E-state index is 11.2. The molecule has 1 heterocycles. The average Bonchev–Trinajstić information content (AvgIpc) is 3.24. The number of ether oxygens (including phenoxy) is 1. The molecule has 138 valence electrons. The van der Waals surface area contributed by atoms with Crippen LogP contribution in [0.25, 0.3) is 21.7 Å². The minimum Gasteiger partial charge on any atom is -0.488 e. The van der Waals surface area contributed by atoms with Crippen molar-refractivity contribution in [2.45, 2.75) is 6.61 Å². The number of carbonyl (C=O) groups is 1. The standard InChI is InChI=1S/C23H17NO3S/c25-23(26)20-15-28-22(24-20)19-12-5-4-10-17(19)18-11-6-7-13-21(18)27-14-16-8-2-1-3-9-16/h1-13,15H,14H2,(H,25,26). The van der Waals surface area contributed by atoms with Crippen molar-refractivity contribution in [1.29, 1.82) is 0 Å². The summed E-state index contributed by atoms with van der Waals surface area (Å²) in [6.07, 6.45) is 0. The van der Waals surface area contributed by atoms with E-state index in [9.17, 15) is 9.90 Å². The van der Waals surface area contributed by atoms with Crippen molar-refractivity contribution in [2.24, 2.45) is 0 Å². The van der Waals surface area contributed by atoms with Crippen LogP contribution < -0.4 is 4.74 Å². The van der Waals surface area contributed by atoms with Gasteiger partial charge in [-0.05, 0) is 17.2 Å². The van der Waals surface area contributed by atoms with E-state index in [2.05, 4.69) is 4.98 Å². The van der Waals surface area contributed by atoms with Gasteiger partial charge in [-0.15, -0.1) is 11.3 Å². The second-order valence-electron chi connectivity index (χ2n) is 6.16. The molecule has 0 saturated carbocycles. The van der Waals surface area contributed by atoms with Gasteiger partial charge in [-0.1, -0.05) is 72.8 Å². The van der Waals surface area contributed by atoms with Crippen molar-refractivity contribution in [1.82, 2.24) is 4.98 Å². The van der Waals surface area contributed by atoms with Crippen LogP contribution in [0, 0.1) is 0 Å². The zero-order valence-electron chi connectivity index (χ0n) is 14.9. The van der Waals surface area contributed by atoms with Gasteiger partial charge in [0.2, 0.25) is 0 Å². The fourth-order valence-electron chi connectivity index (χ4n) is 2.95. The first-order valence-electron chi connectivity index (χ1n) is 8.77. The van der Waals surface area contributed by atoms with Crippen LogP contribution >= 0.6 is 11.3 Å². The second kappa shape index (κ2) is 8.06. The Morgan fingerprint density at radius 3 is 2.21 bits per heavy atom. The highest BCUT2D eigenvalue weighted by Crippen LogP contribution is 2.38. The highest BCUT2D eigenvalue weighted by molar-refractivity contribution is 7.13. The molecule has 0 fully saturated rings. The van der Waals surface area contributed by atoms with Crippen LogP contribution in [0.2, 0.25) is 0 Å². The van der Waals surface area contributed by atoms with Gasteiger partial charge in [0, 0.05) is 16.5 Å². The number of nitrogens with zero attached hydrogens (tertiary/aromatic N) is 1. The molecule has 0 saturated heterocycles. The predicted octanol–water partition coefficient (Wildman–Crippen LogP) is 5.75. The molecule has 1 N–H and O–H groups in total. The van der Waals surface area contributed by atoms with Crippen molar-refractivity contribution in [3.8, 4) is 27.4 Å². The molecule has 1 aromatic heterocycles. The molecule has 0 spiro atoms. The molecular weight excluding hydrogens is 370 g/mol. The van der Waals surface area contributed by atoms with Crippen LogP contribution in [0.3, 0.4) is 0 Å². The normalized spacial score (nSPS) is 10.6. The van der Waals surface area contributed by atoms with Crippen LogP contribution in [-0.2, 0) is 6.61 Å². The summed E-state index contributed by atoms with van der Waals surface area (Å²) in [5, 5.41) is 11.4. The van der Waals surface area contributed by atoms with Crippen molar-refractivity contribution in [2.75, 3.05) is 0 Å². The van der Waals surface area contributed by atoms with Crippen molar-refractivity contribution in [3.63, 3.8) is 0 Å². The van der Waals surface area contributed by atoms with E-state index < -0.39 is 5.97 Å². The van der Waals surface area contributed by atoms with Gasteiger partial charge in [0.25, 0.3) is 0 Å². The van der Waals surface area contributed by atoms with Crippen LogP contribution in [0.5, 0.6) is 5.75 Å². The molecular formula is C23H17NO3S. The quantitative estimate of drug-likeness (QED) is 0.457. The van der Waals surface area contributed by atoms with Gasteiger partial charge in [-0.3, -0.25) is 0 Å². The summed E-state index contributed by atoms with van der Waals surface area (Å²) < 4.78 is 6.10. The second-order valence-corrected chi connectivity index (χ2v) is 7.02. The molecule has 0 aliphatic rings. The molecule has 4 nitrogen and oxygen atoms in total. The van der Waals surface area contributed by atoms with Crippen LogP contribution in [0.1, 0.15) is 16.1 Å². The van der Waals surface area contributed by atoms with Gasteiger partial charge in [0.05, 0.1) is 0 Å². The van der Waals surface area contributed by atoms with Gasteiger partial charge in [0.1, 0.15) is 17.4 Å². The molecule has 4 rings (SSSR count). The van der Waals surface area contributed by atoms with E-state index in [0.29, 0.717) is 11.6 Å². The van der Waals surface area contributed by atoms with Crippen LogP contribution in [0.4, 0.5) is 0 Å². The zero-order valence-corrected chi connectivity index (χ0v) is 15.7. The summed E-state index contributed by atoms with van der Waals surface area (Å²) in [5.41, 5.74) is 3.94. The molecule has 0 radical (unpaired) electrons. The molecule has 28 heavy (non-hydrogen) atoms. The highest BCUT2D eigenvalue weighted by Gasteiger charge is 2.16. The van der Waals surface area contributed by atoms with E-state index in [1.165, 1.54) is 11.3 Å². The maximum Gasteiger partial charge on any atom is 0.355 e. The summed E-state index contributed by atoms with van der Waals surface area (Å²) in [4.78, 5) is 15.5. The minimum absolute atomic E-state index is 0.0587. The number of hydrogen-bond acceptors (Lipinski definition) is 4. The first kappa shape index (κ1) is 17.9. The largest absolute Gasteiger partial charge is 0.488 e. The Balaban J connectivity index is 1.71. The monoisotopic (exact) mass is 387 g/mol. The lowest BCUT2D eigenvalue weighted by Crippen LogP contribution is -1.98. The van der Waals surface area contributed by atoms with Crippen molar-refractivity contribution in [3.05, 3.63) is 95.5 Å². The van der Waals surface area contributed by atoms with Gasteiger partial charge in [-0.2, -0.15) is 0 Å². The summed E-state index contributed by atoms with van der Waals surface area (Å²) >= 11 is 1.32. The number of aromatic nitrogens is 1. The third kappa shape index (κ3) is 3.80. The number of hydrogen-bond donors (Lipinski definition) is 1. The van der Waals surface area contributed by atoms with Gasteiger partial charge < -0.3 is 9.84 Å². The lowest BCUT2D eigenvalue weighted by atomic mass is 9.99. The summed E-state index contributed by atoms with van der Waals surface area (Å²) in [7, 11) is 0. The van der Waals surface area contributed by atoms with Gasteiger partial charge in [-0.25, -0.2) is 9.78 Å². The number of thiazole rings is 1. The Kier molecular flexibility index (Phi) is 5.17. The smallest absolute Gasteiger partial charge is 0.355 e. The fourth-order valence-corrected chi connectivity index (χ4v) is 3.78. The molecule has 0 aliphatic heterocycles. The molecule has 0 atom stereocenters. The van der Waals surface area contributed by atoms with E-state index in [4.69, 9.17) is 4.74 Å². The number of carboxylic acids is 1. The molecule has 3 aromatic carbocycles. The lowest BCUT2D eigenvalue weighted by molar-refractivity contribution is 0.0691. The van der Waals surface area contributed by atoms with Crippen LogP contribution in [0.15, 0.2) is 84.2 Å². The van der Waals surface area contributed by atoms with Gasteiger partial charge in [0.15, 0.2) is 5.69 Å². The van der Waals surface area contributed by atoms with E-state index >= 15 is 0 Å². The third-order valence-electron chi connectivity index (χ3n) is 4.30. The number of aromatic carboxylic acids is 1. The predicted molar refractivity (Wildman–Crippen MR) is 111 cm³/mol. The average molecular weight is 387 g/mol. The highest BCUT2D eigenvalue weighted by atomic mass is 32.1. The molecule has 0 bridgehead atoms. The Labute approximate surface area is 166 Å². The summed E-state index contributed by atoms with van der Waals surface area (Å²) in [5.74, 6) is -0.250. The van der Waals surface area contributed by atoms with Crippen molar-refractivity contribution >= 4 is 17.3 Å². The van der Waals surface area contributed by atoms with E-state index in [0.717, 1.165) is 28.0 Å². The Morgan fingerprint density at radius 1 is 0.857 bits per heavy atom. The molecule has 0 aliphatic carbocycles. The maximum absolute atomic E-state index is 11.2. The topological polar surface area (TPSA) is 59.4 Å². The Bertz CT molecular complexity index is 1110. The Morgan fingerprint density at radius 2 is 1.50 bits per heavy atom. The first-order valence-corrected chi connectivity index (χ1v) is 9.64. The number of carboxylic acid groups (broad SMARTS) is 1. The van der Waals surface area contributed by atoms with Crippen LogP contribution in [-0.4, -0.2) is 16.1 Å². The number of para-hydroxylation sites is 1. The zero-order chi connectivity index (χ0) is 19.3. The molecule has 0 unspecified atom stereocenters. The third-order valence-corrected chi connectivity index (χ3v) is 5.17. The van der Waals surface area contributed by atoms with Gasteiger partial charge >= 0.3 is 5.97 Å². The molecule has 0 amide bonds. The summed E-state index contributed by atoms with van der Waals surface area (Å²) in [6, 6.07) is 25.7. The fraction of sp³-hybridized carbons (Fsp3) is 0.0435. The molecule has 5 heteroatoms. The van der Waals surface area contributed by atoms with Crippen molar-refractivity contribution < 1.29 is 14.6 Å². The SMILES string of the molecule is O=C(O)c1csc(-c2ccccc2-c2ccccc2OCc2ccccc2)n1. The minimum atomic E-state index is -1.02. The molecule has 4 aromatic rings. The lowest BCUT2D eigenvalue weighted by Gasteiger charge is -2.14. The number of rotatable bonds is 6.